The number of nitrogens with zero attached hydrogens (tertiary/aromatic N) is 2. The van der Waals surface area contributed by atoms with Crippen molar-refractivity contribution in [2.45, 2.75) is 25.3 Å². The van der Waals surface area contributed by atoms with Gasteiger partial charge in [-0.1, -0.05) is 6.07 Å². The lowest BCUT2D eigenvalue weighted by Gasteiger charge is -2.22. The van der Waals surface area contributed by atoms with Gasteiger partial charge in [0.15, 0.2) is 0 Å². The van der Waals surface area contributed by atoms with E-state index in [-0.39, 0.29) is 6.04 Å². The second kappa shape index (κ2) is 6.39. The average molecular weight is 325 g/mol. The molecule has 0 radical (unpaired) electrons. The van der Waals surface area contributed by atoms with E-state index in [0.717, 1.165) is 12.8 Å². The van der Waals surface area contributed by atoms with Crippen molar-refractivity contribution in [1.82, 2.24) is 4.90 Å². The number of alkyl halides is 2. The Hall–Kier alpha value is -2.38. The number of rotatable bonds is 5. The highest BCUT2D eigenvalue weighted by Gasteiger charge is 2.34. The quantitative estimate of drug-likeness (QED) is 0.905. The van der Waals surface area contributed by atoms with E-state index in [9.17, 15) is 18.4 Å². The van der Waals surface area contributed by atoms with Gasteiger partial charge in [-0.05, 0) is 31.0 Å². The molecule has 1 saturated carbocycles. The molecule has 1 aliphatic carbocycles. The summed E-state index contributed by atoms with van der Waals surface area (Å²) in [5.74, 6) is 0. The van der Waals surface area contributed by atoms with Gasteiger partial charge in [0.2, 0.25) is 0 Å². The summed E-state index contributed by atoms with van der Waals surface area (Å²) in [6.45, 7) is 0.184. The molecule has 1 aromatic carbocycles. The fourth-order valence-corrected chi connectivity index (χ4v) is 2.51. The first-order valence-corrected chi connectivity index (χ1v) is 7.45. The van der Waals surface area contributed by atoms with E-state index in [4.69, 9.17) is 4.74 Å². The molecule has 8 heteroatoms. The summed E-state index contributed by atoms with van der Waals surface area (Å²) >= 11 is 0. The van der Waals surface area contributed by atoms with Crippen LogP contribution in [0.1, 0.15) is 12.8 Å². The van der Waals surface area contributed by atoms with Crippen LogP contribution < -0.4 is 10.2 Å². The van der Waals surface area contributed by atoms with E-state index < -0.39 is 25.1 Å². The van der Waals surface area contributed by atoms with Crippen LogP contribution in [-0.2, 0) is 4.74 Å². The number of cyclic esters (lactones) is 1. The van der Waals surface area contributed by atoms with E-state index in [1.54, 1.807) is 24.3 Å². The van der Waals surface area contributed by atoms with Crippen LogP contribution in [0, 0.1) is 0 Å². The topological polar surface area (TPSA) is 61.9 Å². The van der Waals surface area contributed by atoms with Crippen LogP contribution in [-0.4, -0.2) is 49.2 Å². The van der Waals surface area contributed by atoms with Crippen molar-refractivity contribution in [2.24, 2.45) is 0 Å². The Morgan fingerprint density at radius 2 is 2.22 bits per heavy atom. The van der Waals surface area contributed by atoms with Gasteiger partial charge in [0, 0.05) is 17.4 Å². The second-order valence-corrected chi connectivity index (χ2v) is 5.52. The van der Waals surface area contributed by atoms with Crippen molar-refractivity contribution in [1.29, 1.82) is 0 Å². The zero-order chi connectivity index (χ0) is 16.4. The molecule has 1 saturated heterocycles. The van der Waals surface area contributed by atoms with Crippen LogP contribution in [0.5, 0.6) is 0 Å². The highest BCUT2D eigenvalue weighted by atomic mass is 19.3. The van der Waals surface area contributed by atoms with Crippen LogP contribution in [0.2, 0.25) is 0 Å². The predicted octanol–water partition coefficient (Wildman–Crippen LogP) is 2.90. The zero-order valence-corrected chi connectivity index (χ0v) is 12.4. The van der Waals surface area contributed by atoms with Gasteiger partial charge in [-0.25, -0.2) is 18.4 Å². The third kappa shape index (κ3) is 3.69. The van der Waals surface area contributed by atoms with Gasteiger partial charge < -0.3 is 15.0 Å². The highest BCUT2D eigenvalue weighted by molar-refractivity contribution is 5.93. The van der Waals surface area contributed by atoms with Crippen LogP contribution in [0.25, 0.3) is 0 Å². The summed E-state index contributed by atoms with van der Waals surface area (Å²) < 4.78 is 30.1. The maximum atomic E-state index is 12.6. The molecule has 23 heavy (non-hydrogen) atoms. The first-order valence-electron chi connectivity index (χ1n) is 7.45. The Bertz CT molecular complexity index is 607. The van der Waals surface area contributed by atoms with Gasteiger partial charge in [0.1, 0.15) is 6.61 Å². The van der Waals surface area contributed by atoms with E-state index in [1.807, 2.05) is 0 Å². The Morgan fingerprint density at radius 1 is 1.43 bits per heavy atom. The second-order valence-electron chi connectivity index (χ2n) is 5.52. The van der Waals surface area contributed by atoms with Crippen LogP contribution in [0.15, 0.2) is 24.3 Å². The summed E-state index contributed by atoms with van der Waals surface area (Å²) in [6.07, 6.45) is -1.50. The summed E-state index contributed by atoms with van der Waals surface area (Å²) in [4.78, 5) is 26.4. The van der Waals surface area contributed by atoms with Crippen LogP contribution in [0.4, 0.5) is 29.7 Å². The Balaban J connectivity index is 1.69. The summed E-state index contributed by atoms with van der Waals surface area (Å²) in [6, 6.07) is 6.02. The maximum absolute atomic E-state index is 12.6. The van der Waals surface area contributed by atoms with E-state index in [0.29, 0.717) is 24.5 Å². The van der Waals surface area contributed by atoms with E-state index >= 15 is 0 Å². The lowest BCUT2D eigenvalue weighted by molar-refractivity contribution is 0.0994. The van der Waals surface area contributed by atoms with Crippen molar-refractivity contribution in [2.75, 3.05) is 29.9 Å². The van der Waals surface area contributed by atoms with E-state index in [1.165, 1.54) is 9.80 Å². The third-order valence-electron chi connectivity index (χ3n) is 3.75. The van der Waals surface area contributed by atoms with Crippen molar-refractivity contribution in [3.8, 4) is 0 Å². The number of hydrogen-bond acceptors (Lipinski definition) is 3. The lowest BCUT2D eigenvalue weighted by atomic mass is 10.2. The molecule has 1 aromatic rings. The monoisotopic (exact) mass is 325 g/mol. The van der Waals surface area contributed by atoms with Crippen molar-refractivity contribution in [3.63, 3.8) is 0 Å². The molecular formula is C15H17F2N3O3. The van der Waals surface area contributed by atoms with Crippen molar-refractivity contribution in [3.05, 3.63) is 24.3 Å². The number of halogens is 2. The summed E-state index contributed by atoms with van der Waals surface area (Å²) in [7, 11) is 0. The first kappa shape index (κ1) is 15.5. The molecule has 2 aliphatic rings. The molecule has 1 N–H and O–H groups in total. The number of ether oxygens (including phenoxy) is 1. The normalized spacial score (nSPS) is 17.3. The Labute approximate surface area is 132 Å². The molecule has 0 unspecified atom stereocenters. The van der Waals surface area contributed by atoms with Crippen molar-refractivity contribution < 1.29 is 23.1 Å². The molecule has 124 valence electrons. The molecule has 2 fully saturated rings. The standard InChI is InChI=1S/C15H17F2N3O3/c16-13(17)9-20(11-4-5-11)14(21)18-10-2-1-3-12(8-10)19-6-7-23-15(19)22/h1-3,8,11,13H,4-7,9H2,(H,18,21). The fraction of sp³-hybridized carbons (Fsp3) is 0.467. The van der Waals surface area contributed by atoms with Crippen LogP contribution in [0.3, 0.4) is 0 Å². The molecule has 0 atom stereocenters. The number of nitrogens with one attached hydrogen (secondary N) is 1. The molecule has 0 bridgehead atoms. The molecule has 6 nitrogen and oxygen atoms in total. The van der Waals surface area contributed by atoms with Crippen molar-refractivity contribution >= 4 is 23.5 Å². The first-order chi connectivity index (χ1) is 11.0. The maximum Gasteiger partial charge on any atom is 0.414 e. The molecule has 3 rings (SSSR count). The fourth-order valence-electron chi connectivity index (χ4n) is 2.51. The highest BCUT2D eigenvalue weighted by Crippen LogP contribution is 2.29. The summed E-state index contributed by atoms with van der Waals surface area (Å²) in [5.41, 5.74) is 1.05. The van der Waals surface area contributed by atoms with Gasteiger partial charge in [0.25, 0.3) is 6.43 Å². The van der Waals surface area contributed by atoms with Gasteiger partial charge in [-0.15, -0.1) is 0 Å². The van der Waals surface area contributed by atoms with Gasteiger partial charge >= 0.3 is 12.1 Å². The number of benzene rings is 1. The average Bonchev–Trinajstić information content (AvgIpc) is 3.26. The summed E-state index contributed by atoms with van der Waals surface area (Å²) in [5, 5.41) is 2.62. The van der Waals surface area contributed by atoms with Gasteiger partial charge in [-0.2, -0.15) is 0 Å². The minimum atomic E-state index is -2.56. The number of urea groups is 1. The van der Waals surface area contributed by atoms with Gasteiger partial charge in [0.05, 0.1) is 13.1 Å². The smallest absolute Gasteiger partial charge is 0.414 e. The number of hydrogen-bond donors (Lipinski definition) is 1. The molecule has 3 amide bonds. The van der Waals surface area contributed by atoms with E-state index in [2.05, 4.69) is 5.32 Å². The van der Waals surface area contributed by atoms with Gasteiger partial charge in [-0.3, -0.25) is 4.90 Å². The molecular weight excluding hydrogens is 308 g/mol. The zero-order valence-electron chi connectivity index (χ0n) is 12.4. The predicted molar refractivity (Wildman–Crippen MR) is 79.9 cm³/mol. The number of carbonyl (C=O) groups is 2. The number of anilines is 2. The minimum absolute atomic E-state index is 0.110. The minimum Gasteiger partial charge on any atom is -0.447 e. The SMILES string of the molecule is O=C1OCCN1c1cccc(NC(=O)N(CC(F)F)C2CC2)c1. The third-order valence-corrected chi connectivity index (χ3v) is 3.75. The lowest BCUT2D eigenvalue weighted by Crippen LogP contribution is -2.40. The Morgan fingerprint density at radius 3 is 2.83 bits per heavy atom. The molecule has 0 aromatic heterocycles. The largest absolute Gasteiger partial charge is 0.447 e. The number of carbonyl (C=O) groups excluding carboxylic acids is 2. The Kier molecular flexibility index (Phi) is 4.31. The molecule has 1 heterocycles. The van der Waals surface area contributed by atoms with Crippen LogP contribution >= 0.6 is 0 Å². The number of amides is 3. The molecule has 1 aliphatic heterocycles. The molecule has 0 spiro atoms.